The van der Waals surface area contributed by atoms with E-state index in [4.69, 9.17) is 11.2 Å². The molecule has 0 aromatic heterocycles. The zero-order valence-electron chi connectivity index (χ0n) is 10.8. The molecule has 94 valence electrons. The molecule has 0 N–H and O–H groups in total. The van der Waals surface area contributed by atoms with E-state index in [9.17, 15) is 4.79 Å². The average Bonchev–Trinajstić information content (AvgIpc) is 2.74. The first-order valence-electron chi connectivity index (χ1n) is 6.08. The van der Waals surface area contributed by atoms with Crippen LogP contribution in [-0.2, 0) is 4.74 Å². The first-order valence-corrected chi connectivity index (χ1v) is 6.08. The van der Waals surface area contributed by atoms with Crippen molar-refractivity contribution in [1.82, 2.24) is 9.80 Å². The summed E-state index contributed by atoms with van der Waals surface area (Å²) in [6, 6.07) is 0.701. The summed E-state index contributed by atoms with van der Waals surface area (Å²) in [5, 5.41) is 0. The first kappa shape index (κ1) is 12.3. The Bertz CT molecular complexity index is 353. The molecule has 0 spiro atoms. The summed E-state index contributed by atoms with van der Waals surface area (Å²) in [6.45, 7) is 8.00. The number of ether oxygens (including phenoxy) is 1. The molecule has 17 heavy (non-hydrogen) atoms. The molecule has 0 aliphatic carbocycles. The highest BCUT2D eigenvalue weighted by molar-refractivity contribution is 5.69. The van der Waals surface area contributed by atoms with Crippen molar-refractivity contribution < 1.29 is 9.53 Å². The van der Waals surface area contributed by atoms with Gasteiger partial charge in [0, 0.05) is 25.2 Å². The molecule has 4 heteroatoms. The number of amides is 1. The minimum Gasteiger partial charge on any atom is -0.444 e. The van der Waals surface area contributed by atoms with Gasteiger partial charge in [0.25, 0.3) is 0 Å². The Morgan fingerprint density at radius 2 is 2.12 bits per heavy atom. The Labute approximate surface area is 103 Å². The topological polar surface area (TPSA) is 32.8 Å². The van der Waals surface area contributed by atoms with Gasteiger partial charge in [-0.1, -0.05) is 5.92 Å². The van der Waals surface area contributed by atoms with Crippen molar-refractivity contribution in [1.29, 1.82) is 0 Å². The van der Waals surface area contributed by atoms with Crippen LogP contribution in [0.25, 0.3) is 0 Å². The third-order valence-electron chi connectivity index (χ3n) is 3.28. The molecule has 0 saturated carbocycles. The summed E-state index contributed by atoms with van der Waals surface area (Å²) in [5.41, 5.74) is -0.419. The summed E-state index contributed by atoms with van der Waals surface area (Å²) < 4.78 is 5.40. The molecule has 4 nitrogen and oxygen atoms in total. The molecule has 2 aliphatic rings. The van der Waals surface area contributed by atoms with E-state index < -0.39 is 5.60 Å². The number of likely N-dealkylation sites (tertiary alicyclic amines) is 2. The summed E-state index contributed by atoms with van der Waals surface area (Å²) in [7, 11) is 0. The second-order valence-corrected chi connectivity index (χ2v) is 5.81. The van der Waals surface area contributed by atoms with Gasteiger partial charge in [0.15, 0.2) is 0 Å². The summed E-state index contributed by atoms with van der Waals surface area (Å²) in [4.78, 5) is 16.1. The van der Waals surface area contributed by atoms with Gasteiger partial charge in [0.05, 0.1) is 6.54 Å². The van der Waals surface area contributed by atoms with Gasteiger partial charge in [-0.15, -0.1) is 6.42 Å². The van der Waals surface area contributed by atoms with Crippen LogP contribution in [0.15, 0.2) is 0 Å². The maximum atomic E-state index is 12.0. The van der Waals surface area contributed by atoms with Crippen molar-refractivity contribution >= 4 is 6.09 Å². The van der Waals surface area contributed by atoms with E-state index in [1.165, 1.54) is 0 Å². The van der Waals surface area contributed by atoms with Gasteiger partial charge in [-0.25, -0.2) is 4.79 Å². The number of fused-ring (bicyclic) bond motifs is 2. The van der Waals surface area contributed by atoms with Crippen LogP contribution >= 0.6 is 0 Å². The average molecular weight is 236 g/mol. The standard InChI is InChI=1S/C13H20N2O2/c1-5-6-14-8-11-7-10(14)9-15(11)12(16)17-13(2,3)4/h1,10-11H,6-9H2,2-4H3/t10-,11+/m0/s1. The molecule has 2 atom stereocenters. The van der Waals surface area contributed by atoms with Gasteiger partial charge in [0.2, 0.25) is 0 Å². The van der Waals surface area contributed by atoms with E-state index in [1.807, 2.05) is 25.7 Å². The molecule has 2 rings (SSSR count). The van der Waals surface area contributed by atoms with Crippen LogP contribution in [0.3, 0.4) is 0 Å². The van der Waals surface area contributed by atoms with Crippen LogP contribution in [0.5, 0.6) is 0 Å². The number of hydrogen-bond donors (Lipinski definition) is 0. The summed E-state index contributed by atoms with van der Waals surface area (Å²) in [6.07, 6.45) is 6.16. The number of rotatable bonds is 1. The monoisotopic (exact) mass is 236 g/mol. The predicted molar refractivity (Wildman–Crippen MR) is 65.5 cm³/mol. The third kappa shape index (κ3) is 2.55. The van der Waals surface area contributed by atoms with Gasteiger partial charge < -0.3 is 9.64 Å². The molecule has 2 saturated heterocycles. The maximum Gasteiger partial charge on any atom is 0.410 e. The van der Waals surface area contributed by atoms with Crippen LogP contribution in [0.2, 0.25) is 0 Å². The molecule has 0 unspecified atom stereocenters. The third-order valence-corrected chi connectivity index (χ3v) is 3.28. The van der Waals surface area contributed by atoms with E-state index in [2.05, 4.69) is 10.8 Å². The molecule has 0 radical (unpaired) electrons. The van der Waals surface area contributed by atoms with Crippen molar-refractivity contribution in [3.63, 3.8) is 0 Å². The molecule has 0 aromatic carbocycles. The number of hydrogen-bond acceptors (Lipinski definition) is 3. The van der Waals surface area contributed by atoms with Gasteiger partial charge >= 0.3 is 6.09 Å². The van der Waals surface area contributed by atoms with Crippen molar-refractivity contribution in [2.75, 3.05) is 19.6 Å². The molecule has 0 aromatic rings. The lowest BCUT2D eigenvalue weighted by Gasteiger charge is -2.34. The zero-order chi connectivity index (χ0) is 12.6. The smallest absolute Gasteiger partial charge is 0.410 e. The Morgan fingerprint density at radius 1 is 1.41 bits per heavy atom. The highest BCUT2D eigenvalue weighted by atomic mass is 16.6. The van der Waals surface area contributed by atoms with E-state index in [0.717, 1.165) is 19.5 Å². The SMILES string of the molecule is C#CCN1C[C@H]2C[C@H]1CN2C(=O)OC(C)(C)C. The van der Waals surface area contributed by atoms with Gasteiger partial charge in [-0.3, -0.25) is 4.90 Å². The molecule has 2 bridgehead atoms. The van der Waals surface area contributed by atoms with Crippen LogP contribution in [0.4, 0.5) is 4.79 Å². The van der Waals surface area contributed by atoms with Crippen molar-refractivity contribution in [3.8, 4) is 12.3 Å². The number of carbonyl (C=O) groups excluding carboxylic acids is 1. The normalized spacial score (nSPS) is 28.2. The lowest BCUT2D eigenvalue weighted by atomic mass is 10.2. The van der Waals surface area contributed by atoms with E-state index in [-0.39, 0.29) is 12.1 Å². The molecule has 2 heterocycles. The van der Waals surface area contributed by atoms with Crippen LogP contribution in [0, 0.1) is 12.3 Å². The fourth-order valence-corrected chi connectivity index (χ4v) is 2.60. The lowest BCUT2D eigenvalue weighted by molar-refractivity contribution is 0.0139. The highest BCUT2D eigenvalue weighted by Gasteiger charge is 2.45. The number of terminal acetylenes is 1. The minimum absolute atomic E-state index is 0.189. The Kier molecular flexibility index (Phi) is 3.05. The van der Waals surface area contributed by atoms with E-state index in [1.54, 1.807) is 0 Å². The Hall–Kier alpha value is -1.21. The summed E-state index contributed by atoms with van der Waals surface area (Å²) in [5.74, 6) is 2.67. The van der Waals surface area contributed by atoms with Gasteiger partial charge in [-0.2, -0.15) is 0 Å². The first-order chi connectivity index (χ1) is 7.90. The molecular formula is C13H20N2O2. The van der Waals surface area contributed by atoms with E-state index >= 15 is 0 Å². The molecular weight excluding hydrogens is 216 g/mol. The van der Waals surface area contributed by atoms with Gasteiger partial charge in [0.1, 0.15) is 5.60 Å². The Morgan fingerprint density at radius 3 is 2.59 bits per heavy atom. The quantitative estimate of drug-likeness (QED) is 0.644. The van der Waals surface area contributed by atoms with Crippen LogP contribution in [-0.4, -0.2) is 53.2 Å². The second-order valence-electron chi connectivity index (χ2n) is 5.81. The van der Waals surface area contributed by atoms with Crippen molar-refractivity contribution in [3.05, 3.63) is 0 Å². The fraction of sp³-hybridized carbons (Fsp3) is 0.769. The van der Waals surface area contributed by atoms with Crippen LogP contribution < -0.4 is 0 Å². The Balaban J connectivity index is 1.92. The maximum absolute atomic E-state index is 12.0. The van der Waals surface area contributed by atoms with E-state index in [0.29, 0.717) is 12.6 Å². The molecule has 1 amide bonds. The summed E-state index contributed by atoms with van der Waals surface area (Å²) >= 11 is 0. The van der Waals surface area contributed by atoms with Gasteiger partial charge in [-0.05, 0) is 27.2 Å². The highest BCUT2D eigenvalue weighted by Crippen LogP contribution is 2.31. The largest absolute Gasteiger partial charge is 0.444 e. The number of nitrogens with zero attached hydrogens (tertiary/aromatic N) is 2. The molecule has 2 aliphatic heterocycles. The molecule has 2 fully saturated rings. The number of carbonyl (C=O) groups is 1. The second kappa shape index (κ2) is 4.23. The zero-order valence-corrected chi connectivity index (χ0v) is 10.8. The lowest BCUT2D eigenvalue weighted by Crippen LogP contribution is -2.50. The fourth-order valence-electron chi connectivity index (χ4n) is 2.60. The number of piperazine rings is 1. The predicted octanol–water partition coefficient (Wildman–Crippen LogP) is 1.31. The van der Waals surface area contributed by atoms with Crippen LogP contribution in [0.1, 0.15) is 27.2 Å². The van der Waals surface area contributed by atoms with Crippen molar-refractivity contribution in [2.45, 2.75) is 44.9 Å². The van der Waals surface area contributed by atoms with Crippen molar-refractivity contribution in [2.24, 2.45) is 0 Å². The minimum atomic E-state index is -0.419.